The van der Waals surface area contributed by atoms with Gasteiger partial charge >= 0.3 is 5.97 Å². The lowest BCUT2D eigenvalue weighted by atomic mass is 10.0. The Labute approximate surface area is 184 Å². The zero-order chi connectivity index (χ0) is 22.6. The van der Waals surface area contributed by atoms with Crippen LogP contribution in [-0.4, -0.2) is 48.5 Å². The molecule has 5 rings (SSSR count). The number of benzene rings is 1. The summed E-state index contributed by atoms with van der Waals surface area (Å²) in [5.74, 6) is -1.32. The van der Waals surface area contributed by atoms with Crippen molar-refractivity contribution in [1.82, 2.24) is 4.57 Å². The SMILES string of the molecule is CCOC(=O)c1cn(C2CC2)c2c(C=N)c(N3CCCC3C3OC(C)O3)c(F)cc2c1=O. The van der Waals surface area contributed by atoms with Gasteiger partial charge in [-0.15, -0.1) is 0 Å². The minimum absolute atomic E-state index is 0.0858. The maximum Gasteiger partial charge on any atom is 0.343 e. The molecule has 1 aliphatic carbocycles. The molecule has 9 heteroatoms. The Morgan fingerprint density at radius 1 is 1.34 bits per heavy atom. The Morgan fingerprint density at radius 3 is 2.72 bits per heavy atom. The lowest BCUT2D eigenvalue weighted by Crippen LogP contribution is -2.52. The van der Waals surface area contributed by atoms with Crippen LogP contribution in [0.15, 0.2) is 17.1 Å². The minimum atomic E-state index is -0.720. The number of aromatic nitrogens is 1. The molecule has 0 bridgehead atoms. The monoisotopic (exact) mass is 443 g/mol. The van der Waals surface area contributed by atoms with E-state index in [1.807, 2.05) is 16.4 Å². The number of nitrogens with one attached hydrogen (secondary N) is 1. The van der Waals surface area contributed by atoms with Gasteiger partial charge in [-0.1, -0.05) is 0 Å². The predicted octanol–water partition coefficient (Wildman–Crippen LogP) is 3.34. The number of ether oxygens (including phenoxy) is 3. The molecule has 2 aromatic rings. The predicted molar refractivity (Wildman–Crippen MR) is 116 cm³/mol. The first-order chi connectivity index (χ1) is 15.4. The van der Waals surface area contributed by atoms with Crippen LogP contribution in [0.5, 0.6) is 0 Å². The van der Waals surface area contributed by atoms with E-state index < -0.39 is 23.5 Å². The van der Waals surface area contributed by atoms with Crippen LogP contribution in [0.4, 0.5) is 10.1 Å². The quantitative estimate of drug-likeness (QED) is 0.544. The standard InChI is InChI=1S/C23H26FN3O5/c1-3-30-22(29)16-11-27(13-6-7-13)19-14(21(16)28)9-17(24)20(15(19)10-25)26-8-4-5-18(26)23-31-12(2)32-23/h9-13,18,23,25H,3-8H2,1-2H3. The van der Waals surface area contributed by atoms with Crippen molar-refractivity contribution in [1.29, 1.82) is 5.41 Å². The summed E-state index contributed by atoms with van der Waals surface area (Å²) in [5.41, 5.74) is 0.393. The molecule has 1 saturated carbocycles. The second-order valence-electron chi connectivity index (χ2n) is 8.50. The van der Waals surface area contributed by atoms with Gasteiger partial charge in [0.2, 0.25) is 5.43 Å². The van der Waals surface area contributed by atoms with Gasteiger partial charge in [0.15, 0.2) is 12.6 Å². The molecule has 1 aromatic heterocycles. The van der Waals surface area contributed by atoms with Crippen LogP contribution in [0.2, 0.25) is 0 Å². The molecule has 8 nitrogen and oxygen atoms in total. The third kappa shape index (κ3) is 3.31. The average molecular weight is 443 g/mol. The number of fused-ring (bicyclic) bond motifs is 1. The van der Waals surface area contributed by atoms with Gasteiger partial charge in [-0.05, 0) is 45.6 Å². The molecule has 1 aromatic carbocycles. The average Bonchev–Trinajstić information content (AvgIpc) is 3.48. The highest BCUT2D eigenvalue weighted by Gasteiger charge is 2.42. The third-order valence-corrected chi connectivity index (χ3v) is 6.41. The van der Waals surface area contributed by atoms with Gasteiger partial charge in [0.1, 0.15) is 11.4 Å². The Hall–Kier alpha value is -2.78. The summed E-state index contributed by atoms with van der Waals surface area (Å²) in [6.45, 7) is 4.21. The van der Waals surface area contributed by atoms with Crippen molar-refractivity contribution in [2.75, 3.05) is 18.1 Å². The second-order valence-corrected chi connectivity index (χ2v) is 8.50. The zero-order valence-electron chi connectivity index (χ0n) is 18.1. The molecule has 1 N–H and O–H groups in total. The topological polar surface area (TPSA) is 93.8 Å². The van der Waals surface area contributed by atoms with Gasteiger partial charge in [0.25, 0.3) is 0 Å². The van der Waals surface area contributed by atoms with Crippen LogP contribution in [0, 0.1) is 11.2 Å². The lowest BCUT2D eigenvalue weighted by molar-refractivity contribution is -0.380. The van der Waals surface area contributed by atoms with Crippen molar-refractivity contribution in [2.45, 2.75) is 64.2 Å². The molecule has 3 heterocycles. The number of nitrogens with zero attached hydrogens (tertiary/aromatic N) is 2. The van der Waals surface area contributed by atoms with Gasteiger partial charge in [-0.3, -0.25) is 4.79 Å². The summed E-state index contributed by atoms with van der Waals surface area (Å²) >= 11 is 0. The summed E-state index contributed by atoms with van der Waals surface area (Å²) in [6.07, 6.45) is 5.28. The Balaban J connectivity index is 1.71. The molecule has 0 spiro atoms. The van der Waals surface area contributed by atoms with Crippen molar-refractivity contribution in [3.05, 3.63) is 39.4 Å². The van der Waals surface area contributed by atoms with Gasteiger partial charge in [0.05, 0.1) is 29.2 Å². The van der Waals surface area contributed by atoms with Gasteiger partial charge < -0.3 is 29.1 Å². The van der Waals surface area contributed by atoms with E-state index in [-0.39, 0.29) is 41.6 Å². The summed E-state index contributed by atoms with van der Waals surface area (Å²) in [7, 11) is 0. The van der Waals surface area contributed by atoms with E-state index in [9.17, 15) is 9.59 Å². The molecule has 3 fully saturated rings. The Kier molecular flexibility index (Phi) is 5.25. The molecule has 1 unspecified atom stereocenters. The largest absolute Gasteiger partial charge is 0.462 e. The number of halogens is 1. The van der Waals surface area contributed by atoms with Crippen LogP contribution >= 0.6 is 0 Å². The smallest absolute Gasteiger partial charge is 0.343 e. The van der Waals surface area contributed by atoms with Crippen molar-refractivity contribution in [2.24, 2.45) is 0 Å². The Morgan fingerprint density at radius 2 is 2.09 bits per heavy atom. The fraction of sp³-hybridized carbons (Fsp3) is 0.522. The molecule has 0 radical (unpaired) electrons. The van der Waals surface area contributed by atoms with Gasteiger partial charge in [-0.2, -0.15) is 0 Å². The summed E-state index contributed by atoms with van der Waals surface area (Å²) in [5, 5.41) is 8.22. The highest BCUT2D eigenvalue weighted by Crippen LogP contribution is 2.42. The van der Waals surface area contributed by atoms with Crippen molar-refractivity contribution in [3.8, 4) is 0 Å². The van der Waals surface area contributed by atoms with E-state index >= 15 is 4.39 Å². The van der Waals surface area contributed by atoms with E-state index in [4.69, 9.17) is 19.6 Å². The first kappa shape index (κ1) is 21.1. The molecular formula is C23H26FN3O5. The lowest BCUT2D eigenvalue weighted by Gasteiger charge is -2.42. The van der Waals surface area contributed by atoms with E-state index in [1.165, 1.54) is 12.3 Å². The molecule has 32 heavy (non-hydrogen) atoms. The molecule has 2 aliphatic heterocycles. The Bertz CT molecular complexity index is 1150. The molecule has 1 atom stereocenters. The first-order valence-electron chi connectivity index (χ1n) is 11.1. The molecular weight excluding hydrogens is 417 g/mol. The number of carbonyl (C=O) groups is 1. The number of pyridine rings is 1. The normalized spacial score (nSPS) is 25.1. The van der Waals surface area contributed by atoms with Crippen molar-refractivity contribution in [3.63, 3.8) is 0 Å². The van der Waals surface area contributed by atoms with Crippen molar-refractivity contribution >= 4 is 28.8 Å². The number of esters is 1. The van der Waals surface area contributed by atoms with Gasteiger partial charge in [-0.25, -0.2) is 9.18 Å². The van der Waals surface area contributed by atoms with Crippen molar-refractivity contribution < 1.29 is 23.4 Å². The van der Waals surface area contributed by atoms with E-state index in [0.29, 0.717) is 17.6 Å². The first-order valence-corrected chi connectivity index (χ1v) is 11.1. The highest BCUT2D eigenvalue weighted by molar-refractivity contribution is 6.05. The number of anilines is 1. The maximum atomic E-state index is 15.6. The molecule has 0 amide bonds. The minimum Gasteiger partial charge on any atom is -0.462 e. The number of hydrogen-bond donors (Lipinski definition) is 1. The van der Waals surface area contributed by atoms with Gasteiger partial charge in [0, 0.05) is 30.6 Å². The number of rotatable bonds is 6. The zero-order valence-corrected chi connectivity index (χ0v) is 18.1. The van der Waals surface area contributed by atoms with E-state index in [2.05, 4.69) is 0 Å². The summed E-state index contributed by atoms with van der Waals surface area (Å²) in [6, 6.07) is 1.12. The maximum absolute atomic E-state index is 15.6. The highest BCUT2D eigenvalue weighted by atomic mass is 19.1. The molecule has 2 saturated heterocycles. The van der Waals surface area contributed by atoms with E-state index in [1.54, 1.807) is 6.92 Å². The number of carbonyl (C=O) groups excluding carboxylic acids is 1. The van der Waals surface area contributed by atoms with Crippen LogP contribution in [0.25, 0.3) is 10.9 Å². The molecule has 3 aliphatic rings. The van der Waals surface area contributed by atoms with Crippen LogP contribution in [-0.2, 0) is 14.2 Å². The van der Waals surface area contributed by atoms with Crippen LogP contribution in [0.3, 0.4) is 0 Å². The molecule has 170 valence electrons. The third-order valence-electron chi connectivity index (χ3n) is 6.41. The summed E-state index contributed by atoms with van der Waals surface area (Å²) in [4.78, 5) is 27.4. The summed E-state index contributed by atoms with van der Waals surface area (Å²) < 4.78 is 33.8. The fourth-order valence-electron chi connectivity index (χ4n) is 4.85. The van der Waals surface area contributed by atoms with Crippen LogP contribution < -0.4 is 10.3 Å². The van der Waals surface area contributed by atoms with E-state index in [0.717, 1.165) is 31.9 Å². The van der Waals surface area contributed by atoms with Crippen LogP contribution in [0.1, 0.15) is 61.5 Å². The number of hydrogen-bond acceptors (Lipinski definition) is 7. The fourth-order valence-corrected chi connectivity index (χ4v) is 4.85. The second kappa shape index (κ2) is 7.97.